The maximum atomic E-state index is 13.0. The molecular weight excluding hydrogens is 473 g/mol. The molecule has 1 aliphatic heterocycles. The standard InChI is InChI=1S/C25H25F3N6S/c1-33-23(35)20(21(29)34-19-9-5-8-18(19)32-24(33)34)22(31-17-6-3-2-4-7-17)30-14-15-10-12-16(13-11-15)25(26,27)28/h2-4,6-7,10-13,18-19H,5,8-9,14H2,1H3,(H3,29,30,31,35)/p+1/t18-,19+/m0/s1. The van der Waals surface area contributed by atoms with Gasteiger partial charge in [-0.2, -0.15) is 13.2 Å². The lowest BCUT2D eigenvalue weighted by atomic mass is 10.1. The van der Waals surface area contributed by atoms with Gasteiger partial charge in [0, 0.05) is 5.69 Å². The van der Waals surface area contributed by atoms with Crippen molar-refractivity contribution in [1.29, 1.82) is 0 Å². The number of halogens is 3. The van der Waals surface area contributed by atoms with Crippen LogP contribution in [0.2, 0.25) is 0 Å². The molecule has 1 aromatic heterocycles. The lowest BCUT2D eigenvalue weighted by Gasteiger charge is -2.17. The van der Waals surface area contributed by atoms with Gasteiger partial charge in [0.2, 0.25) is 0 Å². The Bertz CT molecular complexity index is 1330. The second-order valence-corrected chi connectivity index (χ2v) is 9.30. The molecule has 182 valence electrons. The fourth-order valence-corrected chi connectivity index (χ4v) is 5.17. The first kappa shape index (κ1) is 23.3. The molecule has 1 fully saturated rings. The van der Waals surface area contributed by atoms with Crippen molar-refractivity contribution in [2.24, 2.45) is 12.0 Å². The van der Waals surface area contributed by atoms with Crippen LogP contribution in [0.5, 0.6) is 0 Å². The summed E-state index contributed by atoms with van der Waals surface area (Å²) in [7, 11) is 1.90. The zero-order valence-electron chi connectivity index (χ0n) is 19.1. The number of hydrogen-bond acceptors (Lipinski definition) is 4. The largest absolute Gasteiger partial charge is 0.416 e. The van der Waals surface area contributed by atoms with Crippen LogP contribution in [0.1, 0.15) is 42.0 Å². The SMILES string of the molecule is C[n+]1c2n(c(N)c(C(=NCc3ccc(C(F)(F)F)cc3)Nc3ccccc3)c1=S)[C@@H]1CCC[C@@H]1N2. The van der Waals surface area contributed by atoms with E-state index in [4.69, 9.17) is 22.9 Å². The van der Waals surface area contributed by atoms with Gasteiger partial charge in [-0.25, -0.2) is 9.13 Å². The summed E-state index contributed by atoms with van der Waals surface area (Å²) < 4.78 is 43.4. The number of rotatable bonds is 4. The van der Waals surface area contributed by atoms with Gasteiger partial charge in [-0.15, -0.1) is 0 Å². The van der Waals surface area contributed by atoms with Gasteiger partial charge in [-0.3, -0.25) is 10.3 Å². The van der Waals surface area contributed by atoms with E-state index < -0.39 is 11.7 Å². The van der Waals surface area contributed by atoms with Gasteiger partial charge in [0.1, 0.15) is 23.5 Å². The first-order chi connectivity index (χ1) is 16.7. The van der Waals surface area contributed by atoms with E-state index in [1.165, 1.54) is 12.1 Å². The summed E-state index contributed by atoms with van der Waals surface area (Å²) in [6.45, 7) is 0.164. The highest BCUT2D eigenvalue weighted by molar-refractivity contribution is 7.71. The number of aliphatic imine (C=N–C) groups is 1. The molecule has 0 bridgehead atoms. The molecule has 5 rings (SSSR count). The van der Waals surface area contributed by atoms with E-state index in [0.29, 0.717) is 33.5 Å². The molecule has 0 unspecified atom stereocenters. The summed E-state index contributed by atoms with van der Waals surface area (Å²) in [5, 5.41) is 6.90. The molecule has 0 spiro atoms. The summed E-state index contributed by atoms with van der Waals surface area (Å²) in [4.78, 5) is 4.76. The zero-order valence-corrected chi connectivity index (χ0v) is 20.0. The molecule has 2 atom stereocenters. The van der Waals surface area contributed by atoms with E-state index >= 15 is 0 Å². The normalized spacial score (nSPS) is 19.3. The minimum atomic E-state index is -4.38. The fourth-order valence-electron chi connectivity index (χ4n) is 4.89. The number of alkyl halides is 3. The quantitative estimate of drug-likeness (QED) is 0.199. The number of anilines is 3. The summed E-state index contributed by atoms with van der Waals surface area (Å²) in [5.41, 5.74) is 8.11. The van der Waals surface area contributed by atoms with Crippen molar-refractivity contribution in [3.8, 4) is 0 Å². The van der Waals surface area contributed by atoms with E-state index in [1.54, 1.807) is 0 Å². The van der Waals surface area contributed by atoms with Crippen LogP contribution in [-0.2, 0) is 19.8 Å². The van der Waals surface area contributed by atoms with Gasteiger partial charge in [-0.1, -0.05) is 30.3 Å². The number of nitrogen functional groups attached to an aromatic ring is 1. The Kier molecular flexibility index (Phi) is 6.00. The Balaban J connectivity index is 1.57. The Morgan fingerprint density at radius 3 is 2.57 bits per heavy atom. The van der Waals surface area contributed by atoms with Crippen LogP contribution in [0.15, 0.2) is 59.6 Å². The average Bonchev–Trinajstić information content (AvgIpc) is 3.43. The molecule has 3 aromatic rings. The summed E-state index contributed by atoms with van der Waals surface area (Å²) in [5.74, 6) is 1.89. The highest BCUT2D eigenvalue weighted by Crippen LogP contribution is 2.41. The van der Waals surface area contributed by atoms with Crippen molar-refractivity contribution >= 4 is 35.5 Å². The minimum Gasteiger partial charge on any atom is -0.372 e. The molecule has 4 N–H and O–H groups in total. The van der Waals surface area contributed by atoms with Gasteiger partial charge < -0.3 is 11.1 Å². The number of nitrogens with zero attached hydrogens (tertiary/aromatic N) is 3. The Labute approximate surface area is 206 Å². The third kappa shape index (κ3) is 4.38. The van der Waals surface area contributed by atoms with Crippen LogP contribution in [0.25, 0.3) is 0 Å². The van der Waals surface area contributed by atoms with Crippen molar-refractivity contribution < 1.29 is 17.7 Å². The first-order valence-corrected chi connectivity index (χ1v) is 11.9. The van der Waals surface area contributed by atoms with Crippen molar-refractivity contribution in [1.82, 2.24) is 4.57 Å². The summed E-state index contributed by atoms with van der Waals surface area (Å²) in [6.07, 6.45) is -1.15. The molecule has 0 amide bonds. The monoisotopic (exact) mass is 499 g/mol. The zero-order chi connectivity index (χ0) is 24.7. The Morgan fingerprint density at radius 1 is 1.17 bits per heavy atom. The van der Waals surface area contributed by atoms with E-state index in [1.807, 2.05) is 41.9 Å². The predicted octanol–water partition coefficient (Wildman–Crippen LogP) is 5.22. The smallest absolute Gasteiger partial charge is 0.372 e. The number of benzene rings is 2. The molecule has 0 radical (unpaired) electrons. The molecule has 6 nitrogen and oxygen atoms in total. The van der Waals surface area contributed by atoms with E-state index in [-0.39, 0.29) is 12.6 Å². The van der Waals surface area contributed by atoms with Gasteiger partial charge >= 0.3 is 12.1 Å². The van der Waals surface area contributed by atoms with Gasteiger partial charge in [0.15, 0.2) is 10.5 Å². The number of nitrogens with two attached hydrogens (primary N) is 1. The lowest BCUT2D eigenvalue weighted by Crippen LogP contribution is -2.39. The summed E-state index contributed by atoms with van der Waals surface area (Å²) >= 11 is 5.82. The molecule has 35 heavy (non-hydrogen) atoms. The maximum Gasteiger partial charge on any atom is 0.416 e. The molecule has 1 aliphatic carbocycles. The maximum absolute atomic E-state index is 13.0. The van der Waals surface area contributed by atoms with Crippen LogP contribution < -0.4 is 20.9 Å². The predicted molar refractivity (Wildman–Crippen MR) is 133 cm³/mol. The van der Waals surface area contributed by atoms with Crippen LogP contribution in [0.4, 0.5) is 30.6 Å². The van der Waals surface area contributed by atoms with E-state index in [0.717, 1.165) is 43.0 Å². The molecule has 2 heterocycles. The van der Waals surface area contributed by atoms with Crippen molar-refractivity contribution in [2.45, 2.75) is 44.1 Å². The second kappa shape index (κ2) is 8.99. The molecular formula is C25H26F3N6S+. The molecule has 1 saturated carbocycles. The minimum absolute atomic E-state index is 0.164. The molecule has 10 heteroatoms. The number of para-hydroxylation sites is 1. The Hall–Kier alpha value is -3.40. The fraction of sp³-hybridized carbons (Fsp3) is 0.320. The highest BCUT2D eigenvalue weighted by atomic mass is 32.1. The van der Waals surface area contributed by atoms with Crippen LogP contribution in [-0.4, -0.2) is 16.4 Å². The van der Waals surface area contributed by atoms with Crippen molar-refractivity contribution in [3.63, 3.8) is 0 Å². The van der Waals surface area contributed by atoms with E-state index in [9.17, 15) is 13.2 Å². The van der Waals surface area contributed by atoms with Crippen LogP contribution in [0.3, 0.4) is 0 Å². The van der Waals surface area contributed by atoms with Gasteiger partial charge in [0.05, 0.1) is 19.2 Å². The highest BCUT2D eigenvalue weighted by Gasteiger charge is 2.45. The molecule has 2 aromatic carbocycles. The molecule has 2 aliphatic rings. The van der Waals surface area contributed by atoms with Gasteiger partial charge in [-0.05, 0) is 61.3 Å². The third-order valence-corrected chi connectivity index (χ3v) is 7.16. The third-order valence-electron chi connectivity index (χ3n) is 6.68. The average molecular weight is 500 g/mol. The number of fused-ring (bicyclic) bond motifs is 3. The first-order valence-electron chi connectivity index (χ1n) is 11.5. The van der Waals surface area contributed by atoms with Crippen molar-refractivity contribution in [2.75, 3.05) is 16.4 Å². The van der Waals surface area contributed by atoms with E-state index in [2.05, 4.69) is 15.2 Å². The van der Waals surface area contributed by atoms with Gasteiger partial charge in [0.25, 0.3) is 0 Å². The second-order valence-electron chi connectivity index (χ2n) is 8.92. The lowest BCUT2D eigenvalue weighted by molar-refractivity contribution is -0.667. The molecule has 0 saturated heterocycles. The number of hydrogen-bond donors (Lipinski definition) is 3. The van der Waals surface area contributed by atoms with Crippen LogP contribution >= 0.6 is 12.2 Å². The van der Waals surface area contributed by atoms with Crippen molar-refractivity contribution in [3.05, 3.63) is 75.9 Å². The summed E-state index contributed by atoms with van der Waals surface area (Å²) in [6, 6.07) is 15.1. The topological polar surface area (TPSA) is 71.2 Å². The van der Waals surface area contributed by atoms with Crippen LogP contribution in [0, 0.1) is 4.64 Å². The number of aromatic nitrogens is 2. The number of amidine groups is 1. The Morgan fingerprint density at radius 2 is 1.89 bits per heavy atom. The number of nitrogens with one attached hydrogen (secondary N) is 2.